The predicted molar refractivity (Wildman–Crippen MR) is 147 cm³/mol. The maximum atomic E-state index is 13.4. The van der Waals surface area contributed by atoms with Crippen LogP contribution in [0.25, 0.3) is 10.8 Å². The Hall–Kier alpha value is -4.16. The van der Waals surface area contributed by atoms with E-state index in [-0.39, 0.29) is 23.3 Å². The Balaban J connectivity index is 1.46. The minimum atomic E-state index is -3.97. The lowest BCUT2D eigenvalue weighted by Gasteiger charge is -2.30. The van der Waals surface area contributed by atoms with Crippen molar-refractivity contribution in [2.45, 2.75) is 37.1 Å². The summed E-state index contributed by atoms with van der Waals surface area (Å²) in [5.74, 6) is -0.734. The molecule has 1 aliphatic heterocycles. The molecule has 0 saturated carbocycles. The number of oxime groups is 1. The fraction of sp³-hybridized carbons (Fsp3) is 0.296. The van der Waals surface area contributed by atoms with Crippen molar-refractivity contribution in [2.75, 3.05) is 19.6 Å². The van der Waals surface area contributed by atoms with E-state index in [9.17, 15) is 18.0 Å². The van der Waals surface area contributed by atoms with E-state index in [0.717, 1.165) is 36.5 Å². The number of rotatable bonds is 7. The van der Waals surface area contributed by atoms with Gasteiger partial charge in [0.25, 0.3) is 5.91 Å². The fourth-order valence-corrected chi connectivity index (χ4v) is 5.39. The summed E-state index contributed by atoms with van der Waals surface area (Å²) in [7, 11) is -3.97. The number of amidine groups is 1. The minimum Gasteiger partial charge on any atom is -0.409 e. The first-order chi connectivity index (χ1) is 18.8. The van der Waals surface area contributed by atoms with E-state index in [2.05, 4.69) is 15.3 Å². The Kier molecular flexibility index (Phi) is 8.99. The van der Waals surface area contributed by atoms with Crippen molar-refractivity contribution in [3.05, 3.63) is 77.9 Å². The van der Waals surface area contributed by atoms with Crippen molar-refractivity contribution in [3.63, 3.8) is 0 Å². The minimum absolute atomic E-state index is 0.0367. The van der Waals surface area contributed by atoms with Gasteiger partial charge in [0, 0.05) is 18.7 Å². The highest BCUT2D eigenvalue weighted by molar-refractivity contribution is 7.89. The lowest BCUT2D eigenvalue weighted by atomic mass is 10.1. The van der Waals surface area contributed by atoms with Crippen LogP contribution in [-0.2, 0) is 21.4 Å². The van der Waals surface area contributed by atoms with Gasteiger partial charge >= 0.3 is 6.03 Å². The molecule has 1 aliphatic rings. The van der Waals surface area contributed by atoms with Gasteiger partial charge in [-0.05, 0) is 41.3 Å². The number of sulfonamides is 1. The van der Waals surface area contributed by atoms with Crippen molar-refractivity contribution in [1.82, 2.24) is 20.1 Å². The molecule has 0 spiro atoms. The topological polar surface area (TPSA) is 157 Å². The maximum Gasteiger partial charge on any atom is 0.339 e. The highest BCUT2D eigenvalue weighted by Gasteiger charge is 2.25. The summed E-state index contributed by atoms with van der Waals surface area (Å²) in [6.45, 7) is 0.626. The number of fused-ring (bicyclic) bond motifs is 1. The molecule has 0 unspecified atom stereocenters. The van der Waals surface area contributed by atoms with Crippen LogP contribution in [0.2, 0.25) is 0 Å². The van der Waals surface area contributed by atoms with Crippen LogP contribution in [0.1, 0.15) is 36.8 Å². The smallest absolute Gasteiger partial charge is 0.339 e. The molecule has 39 heavy (non-hydrogen) atoms. The number of nitrogens with zero attached hydrogens (tertiary/aromatic N) is 3. The molecular formula is C27H32N6O5S. The van der Waals surface area contributed by atoms with Crippen LogP contribution in [0.15, 0.2) is 76.8 Å². The van der Waals surface area contributed by atoms with Crippen LogP contribution in [0.4, 0.5) is 4.79 Å². The van der Waals surface area contributed by atoms with Crippen LogP contribution in [-0.4, -0.2) is 60.9 Å². The van der Waals surface area contributed by atoms with E-state index < -0.39 is 22.5 Å². The third kappa shape index (κ3) is 7.24. The number of benzene rings is 3. The zero-order valence-electron chi connectivity index (χ0n) is 21.4. The van der Waals surface area contributed by atoms with Crippen molar-refractivity contribution in [3.8, 4) is 0 Å². The number of hydrazine groups is 1. The number of hydrogen-bond donors (Lipinski definition) is 4. The molecule has 1 fully saturated rings. The largest absolute Gasteiger partial charge is 0.409 e. The molecule has 3 amide bonds. The number of hydrogen-bond acceptors (Lipinski definition) is 6. The standard InChI is InChI=1S/C27H32N6O5S/c28-26(31-36)22-11-9-20(10-12-22)19-33(27(35)32-15-5-1-2-6-16-32)30-25(34)18-29-39(37,38)24-14-13-21-7-3-4-8-23(21)17-24/h3-4,7-14,17,29,36H,1-2,5-6,15-16,18-19H2,(H2,28,31)(H,30,34). The number of urea groups is 1. The van der Waals surface area contributed by atoms with E-state index in [1.54, 1.807) is 41.3 Å². The summed E-state index contributed by atoms with van der Waals surface area (Å²) in [6.07, 6.45) is 3.80. The summed E-state index contributed by atoms with van der Waals surface area (Å²) >= 11 is 0. The molecule has 3 aromatic rings. The zero-order valence-corrected chi connectivity index (χ0v) is 22.2. The number of carbonyl (C=O) groups is 2. The van der Waals surface area contributed by atoms with Gasteiger partial charge < -0.3 is 15.8 Å². The fourth-order valence-electron chi connectivity index (χ4n) is 4.38. The van der Waals surface area contributed by atoms with Crippen LogP contribution in [0, 0.1) is 0 Å². The molecule has 0 aromatic heterocycles. The van der Waals surface area contributed by atoms with Crippen molar-refractivity contribution >= 4 is 38.6 Å². The van der Waals surface area contributed by atoms with E-state index in [1.807, 2.05) is 24.3 Å². The number of likely N-dealkylation sites (tertiary alicyclic amines) is 1. The molecule has 5 N–H and O–H groups in total. The maximum absolute atomic E-state index is 13.4. The second kappa shape index (κ2) is 12.6. The number of amides is 3. The van der Waals surface area contributed by atoms with Crippen LogP contribution in [0.5, 0.6) is 0 Å². The summed E-state index contributed by atoms with van der Waals surface area (Å²) in [6, 6.07) is 18.4. The molecule has 1 saturated heterocycles. The zero-order chi connectivity index (χ0) is 27.8. The van der Waals surface area contributed by atoms with E-state index >= 15 is 0 Å². The van der Waals surface area contributed by atoms with E-state index in [0.29, 0.717) is 24.2 Å². The average molecular weight is 553 g/mol. The van der Waals surface area contributed by atoms with Crippen LogP contribution >= 0.6 is 0 Å². The Bertz CT molecular complexity index is 1450. The van der Waals surface area contributed by atoms with Gasteiger partial charge in [0.05, 0.1) is 18.0 Å². The molecule has 11 nitrogen and oxygen atoms in total. The van der Waals surface area contributed by atoms with Gasteiger partial charge in [-0.3, -0.25) is 10.2 Å². The van der Waals surface area contributed by atoms with Gasteiger partial charge in [0.2, 0.25) is 10.0 Å². The first-order valence-electron chi connectivity index (χ1n) is 12.7. The number of carbonyl (C=O) groups excluding carboxylic acids is 2. The number of nitrogens with one attached hydrogen (secondary N) is 2. The molecular weight excluding hydrogens is 520 g/mol. The normalized spacial score (nSPS) is 14.6. The molecule has 206 valence electrons. The molecule has 12 heteroatoms. The predicted octanol–water partition coefficient (Wildman–Crippen LogP) is 2.74. The first kappa shape index (κ1) is 27.9. The third-order valence-electron chi connectivity index (χ3n) is 6.52. The Labute approximate surface area is 227 Å². The summed E-state index contributed by atoms with van der Waals surface area (Å²) in [4.78, 5) is 28.0. The van der Waals surface area contributed by atoms with Gasteiger partial charge in [-0.25, -0.2) is 22.9 Å². The summed E-state index contributed by atoms with van der Waals surface area (Å²) in [5.41, 5.74) is 9.38. The molecule has 0 bridgehead atoms. The second-order valence-corrected chi connectivity index (χ2v) is 11.1. The first-order valence-corrected chi connectivity index (χ1v) is 14.2. The van der Waals surface area contributed by atoms with Crippen molar-refractivity contribution in [1.29, 1.82) is 0 Å². The summed E-state index contributed by atoms with van der Waals surface area (Å²) < 4.78 is 28.1. The number of nitrogens with two attached hydrogens (primary N) is 1. The Morgan fingerprint density at radius 2 is 1.62 bits per heavy atom. The third-order valence-corrected chi connectivity index (χ3v) is 7.92. The Morgan fingerprint density at radius 3 is 2.28 bits per heavy atom. The average Bonchev–Trinajstić information content (AvgIpc) is 3.25. The van der Waals surface area contributed by atoms with Gasteiger partial charge in [-0.1, -0.05) is 72.6 Å². The quantitative estimate of drug-likeness (QED) is 0.153. The lowest BCUT2D eigenvalue weighted by Crippen LogP contribution is -2.53. The van der Waals surface area contributed by atoms with Crippen LogP contribution < -0.4 is 15.9 Å². The van der Waals surface area contributed by atoms with Gasteiger partial charge in [0.1, 0.15) is 0 Å². The Morgan fingerprint density at radius 1 is 0.949 bits per heavy atom. The molecule has 3 aromatic carbocycles. The molecule has 1 heterocycles. The van der Waals surface area contributed by atoms with E-state index in [4.69, 9.17) is 10.9 Å². The second-order valence-electron chi connectivity index (χ2n) is 9.32. The van der Waals surface area contributed by atoms with Crippen molar-refractivity contribution < 1.29 is 23.2 Å². The van der Waals surface area contributed by atoms with Gasteiger partial charge in [0.15, 0.2) is 5.84 Å². The van der Waals surface area contributed by atoms with E-state index in [1.165, 1.54) is 11.1 Å². The van der Waals surface area contributed by atoms with Gasteiger partial charge in [-0.2, -0.15) is 0 Å². The molecule has 4 rings (SSSR count). The highest BCUT2D eigenvalue weighted by Crippen LogP contribution is 2.19. The molecule has 0 atom stereocenters. The van der Waals surface area contributed by atoms with Gasteiger partial charge in [-0.15, -0.1) is 0 Å². The lowest BCUT2D eigenvalue weighted by molar-refractivity contribution is -0.124. The summed E-state index contributed by atoms with van der Waals surface area (Å²) in [5, 5.41) is 14.7. The highest BCUT2D eigenvalue weighted by atomic mass is 32.2. The SMILES string of the molecule is N/C(=N/O)c1ccc(CN(NC(=O)CNS(=O)(=O)c2ccc3ccccc3c2)C(=O)N2CCCCCC2)cc1. The monoisotopic (exact) mass is 552 g/mol. The van der Waals surface area contributed by atoms with Crippen LogP contribution in [0.3, 0.4) is 0 Å². The molecule has 0 aliphatic carbocycles. The van der Waals surface area contributed by atoms with Crippen molar-refractivity contribution in [2.24, 2.45) is 10.9 Å². The molecule has 0 radical (unpaired) electrons.